The molecule has 0 aromatic heterocycles. The van der Waals surface area contributed by atoms with Crippen molar-refractivity contribution in [3.63, 3.8) is 0 Å². The van der Waals surface area contributed by atoms with Crippen LogP contribution in [0.4, 0.5) is 0 Å². The molecule has 0 saturated heterocycles. The van der Waals surface area contributed by atoms with Crippen molar-refractivity contribution in [3.8, 4) is 0 Å². The summed E-state index contributed by atoms with van der Waals surface area (Å²) in [5.41, 5.74) is 8.09. The predicted molar refractivity (Wildman–Crippen MR) is 88.8 cm³/mol. The maximum Gasteiger partial charge on any atom is 0.0510 e. The van der Waals surface area contributed by atoms with Crippen LogP contribution in [-0.4, -0.2) is 0 Å². The number of hydrogen-bond acceptors (Lipinski definition) is 2. The van der Waals surface area contributed by atoms with Crippen LogP contribution in [-0.2, 0) is 6.42 Å². The zero-order valence-electron chi connectivity index (χ0n) is 11.3. The van der Waals surface area contributed by atoms with E-state index < -0.39 is 0 Å². The smallest absolute Gasteiger partial charge is 0.0510 e. The third kappa shape index (κ3) is 3.55. The molecule has 1 atom stereocenters. The summed E-state index contributed by atoms with van der Waals surface area (Å²) in [6, 6.07) is 15.1. The first kappa shape index (κ1) is 14.5. The number of rotatable bonds is 4. The first-order valence-electron chi connectivity index (χ1n) is 6.38. The van der Waals surface area contributed by atoms with Gasteiger partial charge in [-0.2, -0.15) is 0 Å². The molecule has 0 aliphatic rings. The molecular weight excluding hydrogens is 347 g/mol. The maximum atomic E-state index is 5.75. The minimum Gasteiger partial charge on any atom is -0.271 e. The highest BCUT2D eigenvalue weighted by atomic mass is 127. The fraction of sp³-hybridized carbons (Fsp3) is 0.250. The molecule has 100 valence electrons. The van der Waals surface area contributed by atoms with Crippen molar-refractivity contribution in [2.75, 3.05) is 0 Å². The fourth-order valence-corrected chi connectivity index (χ4v) is 2.89. The van der Waals surface area contributed by atoms with Gasteiger partial charge >= 0.3 is 0 Å². The second-order valence-corrected chi connectivity index (χ2v) is 5.97. The van der Waals surface area contributed by atoms with Gasteiger partial charge in [-0.05, 0) is 59.5 Å². The van der Waals surface area contributed by atoms with Crippen LogP contribution in [0.5, 0.6) is 0 Å². The zero-order valence-corrected chi connectivity index (χ0v) is 13.4. The Morgan fingerprint density at radius 3 is 2.42 bits per heavy atom. The summed E-state index contributed by atoms with van der Waals surface area (Å²) in [5.74, 6) is 5.75. The molecule has 0 aliphatic heterocycles. The first-order chi connectivity index (χ1) is 9.11. The molecule has 0 bridgehead atoms. The summed E-state index contributed by atoms with van der Waals surface area (Å²) in [4.78, 5) is 0. The van der Waals surface area contributed by atoms with Crippen LogP contribution in [0.25, 0.3) is 0 Å². The number of nitrogens with one attached hydrogen (secondary N) is 1. The van der Waals surface area contributed by atoms with E-state index in [1.807, 2.05) is 0 Å². The zero-order chi connectivity index (χ0) is 13.8. The fourth-order valence-electron chi connectivity index (χ4n) is 2.16. The first-order valence-corrected chi connectivity index (χ1v) is 7.46. The number of aryl methyl sites for hydroxylation is 2. The highest BCUT2D eigenvalue weighted by molar-refractivity contribution is 14.1. The third-order valence-electron chi connectivity index (χ3n) is 3.36. The standard InChI is InChI=1S/C16H19IN2/c1-11-6-8-13(9-7-11)10-15(19-18)14-5-3-4-12(2)16(14)17/h3-9,15,19H,10,18H2,1-2H3. The van der Waals surface area contributed by atoms with E-state index >= 15 is 0 Å². The van der Waals surface area contributed by atoms with Crippen molar-refractivity contribution < 1.29 is 0 Å². The van der Waals surface area contributed by atoms with E-state index in [2.05, 4.69) is 84.3 Å². The molecule has 0 saturated carbocycles. The summed E-state index contributed by atoms with van der Waals surface area (Å²) in [6.45, 7) is 4.23. The van der Waals surface area contributed by atoms with Gasteiger partial charge in [0.2, 0.25) is 0 Å². The van der Waals surface area contributed by atoms with Crippen LogP contribution < -0.4 is 11.3 Å². The highest BCUT2D eigenvalue weighted by Crippen LogP contribution is 2.25. The van der Waals surface area contributed by atoms with Gasteiger partial charge in [0, 0.05) is 3.57 Å². The lowest BCUT2D eigenvalue weighted by Gasteiger charge is -2.19. The van der Waals surface area contributed by atoms with Gasteiger partial charge in [-0.15, -0.1) is 0 Å². The van der Waals surface area contributed by atoms with Crippen molar-refractivity contribution in [1.82, 2.24) is 5.43 Å². The summed E-state index contributed by atoms with van der Waals surface area (Å²) >= 11 is 2.40. The number of hydrogen-bond donors (Lipinski definition) is 2. The van der Waals surface area contributed by atoms with E-state index in [1.165, 1.54) is 25.8 Å². The molecule has 0 heterocycles. The summed E-state index contributed by atoms with van der Waals surface area (Å²) < 4.78 is 1.29. The van der Waals surface area contributed by atoms with Crippen LogP contribution in [0.2, 0.25) is 0 Å². The summed E-state index contributed by atoms with van der Waals surface area (Å²) in [5, 5.41) is 0. The van der Waals surface area contributed by atoms with Gasteiger partial charge < -0.3 is 0 Å². The maximum absolute atomic E-state index is 5.75. The van der Waals surface area contributed by atoms with Crippen molar-refractivity contribution in [2.45, 2.75) is 26.3 Å². The van der Waals surface area contributed by atoms with E-state index in [0.29, 0.717) is 0 Å². The average Bonchev–Trinajstić information content (AvgIpc) is 2.42. The Morgan fingerprint density at radius 2 is 1.79 bits per heavy atom. The van der Waals surface area contributed by atoms with E-state index in [1.54, 1.807) is 0 Å². The lowest BCUT2D eigenvalue weighted by Crippen LogP contribution is -2.30. The lowest BCUT2D eigenvalue weighted by atomic mass is 9.97. The van der Waals surface area contributed by atoms with Gasteiger partial charge in [-0.1, -0.05) is 48.0 Å². The monoisotopic (exact) mass is 366 g/mol. The van der Waals surface area contributed by atoms with Gasteiger partial charge in [0.05, 0.1) is 6.04 Å². The van der Waals surface area contributed by atoms with Crippen LogP contribution in [0.3, 0.4) is 0 Å². The minimum absolute atomic E-state index is 0.148. The Labute approximate surface area is 128 Å². The summed E-state index contributed by atoms with van der Waals surface area (Å²) in [6.07, 6.45) is 0.899. The van der Waals surface area contributed by atoms with Crippen LogP contribution in [0, 0.1) is 17.4 Å². The molecule has 0 radical (unpaired) electrons. The Kier molecular flexibility index (Phi) is 4.96. The SMILES string of the molecule is Cc1ccc(CC(NN)c2cccc(C)c2I)cc1. The van der Waals surface area contributed by atoms with Crippen molar-refractivity contribution in [2.24, 2.45) is 5.84 Å². The third-order valence-corrected chi connectivity index (χ3v) is 4.83. The van der Waals surface area contributed by atoms with Gasteiger partial charge in [0.15, 0.2) is 0 Å². The largest absolute Gasteiger partial charge is 0.271 e. The number of benzene rings is 2. The van der Waals surface area contributed by atoms with E-state index in [0.717, 1.165) is 6.42 Å². The van der Waals surface area contributed by atoms with Gasteiger partial charge in [0.25, 0.3) is 0 Å². The number of halogens is 1. The molecule has 0 spiro atoms. The Morgan fingerprint density at radius 1 is 1.11 bits per heavy atom. The molecule has 1 unspecified atom stereocenters. The van der Waals surface area contributed by atoms with Crippen LogP contribution >= 0.6 is 22.6 Å². The lowest BCUT2D eigenvalue weighted by molar-refractivity contribution is 0.549. The molecule has 0 aliphatic carbocycles. The number of nitrogens with two attached hydrogens (primary N) is 1. The van der Waals surface area contributed by atoms with Crippen molar-refractivity contribution in [3.05, 3.63) is 68.3 Å². The quantitative estimate of drug-likeness (QED) is 0.493. The van der Waals surface area contributed by atoms with Crippen LogP contribution in [0.15, 0.2) is 42.5 Å². The highest BCUT2D eigenvalue weighted by Gasteiger charge is 2.14. The van der Waals surface area contributed by atoms with Gasteiger partial charge in [-0.25, -0.2) is 0 Å². The molecule has 3 N–H and O–H groups in total. The van der Waals surface area contributed by atoms with E-state index in [-0.39, 0.29) is 6.04 Å². The Balaban J connectivity index is 2.25. The second-order valence-electron chi connectivity index (χ2n) is 4.89. The summed E-state index contributed by atoms with van der Waals surface area (Å²) in [7, 11) is 0. The molecule has 2 aromatic carbocycles. The molecule has 0 amide bonds. The molecule has 2 nitrogen and oxygen atoms in total. The molecule has 0 fully saturated rings. The number of hydrazine groups is 1. The van der Waals surface area contributed by atoms with Crippen molar-refractivity contribution >= 4 is 22.6 Å². The van der Waals surface area contributed by atoms with Crippen molar-refractivity contribution in [1.29, 1.82) is 0 Å². The van der Waals surface area contributed by atoms with E-state index in [9.17, 15) is 0 Å². The van der Waals surface area contributed by atoms with Gasteiger partial charge in [0.1, 0.15) is 0 Å². The average molecular weight is 366 g/mol. The second kappa shape index (κ2) is 6.50. The normalized spacial score (nSPS) is 12.4. The van der Waals surface area contributed by atoms with Crippen LogP contribution in [0.1, 0.15) is 28.3 Å². The topological polar surface area (TPSA) is 38.0 Å². The van der Waals surface area contributed by atoms with Gasteiger partial charge in [-0.3, -0.25) is 11.3 Å². The Bertz CT molecular complexity index is 549. The molecule has 3 heteroatoms. The predicted octanol–water partition coefficient (Wildman–Crippen LogP) is 3.66. The minimum atomic E-state index is 0.148. The van der Waals surface area contributed by atoms with E-state index in [4.69, 9.17) is 5.84 Å². The molecule has 2 rings (SSSR count). The Hall–Kier alpha value is -0.910. The molecule has 19 heavy (non-hydrogen) atoms. The molecule has 2 aromatic rings. The molecular formula is C16H19IN2.